The molecule has 4 aromatic carbocycles. The molecular weight excluding hydrogens is 371 g/mol. The van der Waals surface area contributed by atoms with Crippen molar-refractivity contribution in [3.05, 3.63) is 109 Å². The maximum absolute atomic E-state index is 14.0. The maximum atomic E-state index is 14.0. The second-order valence-corrected chi connectivity index (χ2v) is 9.76. The number of hydrogen-bond donors (Lipinski definition) is 0. The number of hydrogen-bond acceptors (Lipinski definition) is 1. The van der Waals surface area contributed by atoms with Crippen molar-refractivity contribution in [2.45, 2.75) is 0 Å². The Morgan fingerprint density at radius 2 is 0.815 bits per heavy atom. The molecule has 3 heteroatoms. The van der Waals surface area contributed by atoms with Crippen molar-refractivity contribution in [3.8, 4) is 22.3 Å². The van der Waals surface area contributed by atoms with Gasteiger partial charge in [-0.25, -0.2) is 0 Å². The summed E-state index contributed by atoms with van der Waals surface area (Å²) < 4.78 is 14.0. The van der Waals surface area contributed by atoms with Crippen LogP contribution in [0, 0.1) is 0 Å². The van der Waals surface area contributed by atoms with Crippen LogP contribution in [0.25, 0.3) is 22.3 Å². The van der Waals surface area contributed by atoms with Gasteiger partial charge in [0.15, 0.2) is 0 Å². The van der Waals surface area contributed by atoms with E-state index in [2.05, 4.69) is 0 Å². The minimum atomic E-state index is -3.33. The molecule has 132 valence electrons. The van der Waals surface area contributed by atoms with Crippen LogP contribution in [-0.4, -0.2) is 0 Å². The Bertz CT molecular complexity index is 1020. The molecule has 0 spiro atoms. The van der Waals surface area contributed by atoms with Crippen molar-refractivity contribution >= 4 is 28.3 Å². The molecule has 1 nitrogen and oxygen atoms in total. The topological polar surface area (TPSA) is 17.1 Å². The van der Waals surface area contributed by atoms with Crippen LogP contribution in [0.2, 0.25) is 0 Å². The average Bonchev–Trinajstić information content (AvgIpc) is 2.75. The SMILES string of the molecule is O=P(Cl)(c1ccccc1-c1ccccc1)c1ccccc1-c1ccccc1. The van der Waals surface area contributed by atoms with Gasteiger partial charge in [0.25, 0.3) is 0 Å². The molecule has 0 N–H and O–H groups in total. The molecule has 0 saturated carbocycles. The quantitative estimate of drug-likeness (QED) is 0.365. The molecule has 0 atom stereocenters. The van der Waals surface area contributed by atoms with Crippen molar-refractivity contribution in [1.29, 1.82) is 0 Å². The molecule has 0 radical (unpaired) electrons. The van der Waals surface area contributed by atoms with Crippen molar-refractivity contribution in [2.75, 3.05) is 0 Å². The zero-order valence-electron chi connectivity index (χ0n) is 14.6. The number of halogens is 1. The molecule has 4 aromatic rings. The molecule has 0 unspecified atom stereocenters. The normalized spacial score (nSPS) is 11.3. The van der Waals surface area contributed by atoms with E-state index in [1.165, 1.54) is 0 Å². The molecule has 0 aliphatic heterocycles. The summed E-state index contributed by atoms with van der Waals surface area (Å²) in [5.74, 6) is 0. The first kappa shape index (κ1) is 17.8. The Morgan fingerprint density at radius 3 is 1.22 bits per heavy atom. The van der Waals surface area contributed by atoms with Gasteiger partial charge in [-0.15, -0.1) is 0 Å². The summed E-state index contributed by atoms with van der Waals surface area (Å²) >= 11 is 6.85. The highest BCUT2D eigenvalue weighted by atomic mass is 35.7. The monoisotopic (exact) mass is 388 g/mol. The van der Waals surface area contributed by atoms with Gasteiger partial charge in [0, 0.05) is 10.6 Å². The fourth-order valence-electron chi connectivity index (χ4n) is 3.30. The Kier molecular flexibility index (Phi) is 4.99. The van der Waals surface area contributed by atoms with Crippen molar-refractivity contribution in [2.24, 2.45) is 0 Å². The summed E-state index contributed by atoms with van der Waals surface area (Å²) in [5.41, 5.74) is 3.82. The maximum Gasteiger partial charge on any atom is 0.226 e. The highest BCUT2D eigenvalue weighted by Gasteiger charge is 2.30. The molecule has 0 heterocycles. The van der Waals surface area contributed by atoms with Crippen LogP contribution in [0.5, 0.6) is 0 Å². The largest absolute Gasteiger partial charge is 0.296 e. The molecule has 0 aromatic heterocycles. The van der Waals surface area contributed by atoms with Crippen molar-refractivity contribution in [3.63, 3.8) is 0 Å². The van der Waals surface area contributed by atoms with E-state index in [4.69, 9.17) is 11.2 Å². The van der Waals surface area contributed by atoms with Crippen LogP contribution in [-0.2, 0) is 4.57 Å². The minimum Gasteiger partial charge on any atom is -0.296 e. The molecule has 0 saturated heterocycles. The summed E-state index contributed by atoms with van der Waals surface area (Å²) in [5, 5.41) is 1.34. The van der Waals surface area contributed by atoms with Crippen LogP contribution in [0.1, 0.15) is 0 Å². The molecule has 0 amide bonds. The third-order valence-corrected chi connectivity index (χ3v) is 7.71. The first-order chi connectivity index (χ1) is 13.2. The van der Waals surface area contributed by atoms with E-state index in [1.807, 2.05) is 109 Å². The van der Waals surface area contributed by atoms with Crippen LogP contribution in [0.15, 0.2) is 109 Å². The summed E-state index contributed by atoms with van der Waals surface area (Å²) in [6.45, 7) is -3.33. The zero-order chi connectivity index (χ0) is 18.7. The van der Waals surface area contributed by atoms with Gasteiger partial charge in [0.2, 0.25) is 6.49 Å². The number of rotatable bonds is 4. The summed E-state index contributed by atoms with van der Waals surface area (Å²) in [6.07, 6.45) is 0. The van der Waals surface area contributed by atoms with Crippen LogP contribution in [0.3, 0.4) is 0 Å². The molecule has 0 fully saturated rings. The first-order valence-corrected chi connectivity index (χ1v) is 11.4. The van der Waals surface area contributed by atoms with E-state index in [-0.39, 0.29) is 0 Å². The van der Waals surface area contributed by atoms with Crippen molar-refractivity contribution < 1.29 is 4.57 Å². The zero-order valence-corrected chi connectivity index (χ0v) is 16.3. The van der Waals surface area contributed by atoms with Gasteiger partial charge >= 0.3 is 0 Å². The molecular formula is C24H18ClOP. The van der Waals surface area contributed by atoms with E-state index < -0.39 is 6.49 Å². The summed E-state index contributed by atoms with van der Waals surface area (Å²) in [7, 11) is 0. The summed E-state index contributed by atoms with van der Waals surface area (Å²) in [6, 6.07) is 35.3. The van der Waals surface area contributed by atoms with Gasteiger partial charge in [-0.05, 0) is 45.6 Å². The smallest absolute Gasteiger partial charge is 0.226 e. The Labute approximate surface area is 164 Å². The molecule has 0 bridgehead atoms. The second kappa shape index (κ2) is 7.56. The van der Waals surface area contributed by atoms with Gasteiger partial charge in [0.05, 0.1) is 0 Å². The van der Waals surface area contributed by atoms with E-state index in [1.54, 1.807) is 0 Å². The Balaban J connectivity index is 1.92. The molecule has 0 aliphatic carbocycles. The second-order valence-electron chi connectivity index (χ2n) is 6.30. The standard InChI is InChI=1S/C24H18ClOP/c25-27(26,23-17-9-7-15-21(23)19-11-3-1-4-12-19)24-18-10-8-16-22(24)20-13-5-2-6-14-20/h1-18H. The predicted molar refractivity (Wildman–Crippen MR) is 116 cm³/mol. The first-order valence-electron chi connectivity index (χ1n) is 8.77. The lowest BCUT2D eigenvalue weighted by atomic mass is 10.1. The fourth-order valence-corrected chi connectivity index (χ4v) is 6.03. The van der Waals surface area contributed by atoms with E-state index in [0.717, 1.165) is 22.3 Å². The minimum absolute atomic E-state index is 0.668. The predicted octanol–water partition coefficient (Wildman–Crippen LogP) is 6.49. The lowest BCUT2D eigenvalue weighted by Gasteiger charge is -2.19. The molecule has 4 rings (SSSR count). The average molecular weight is 389 g/mol. The van der Waals surface area contributed by atoms with Gasteiger partial charge in [-0.2, -0.15) is 0 Å². The molecule has 27 heavy (non-hydrogen) atoms. The summed E-state index contributed by atoms with van der Waals surface area (Å²) in [4.78, 5) is 0. The highest BCUT2D eigenvalue weighted by molar-refractivity contribution is 8.01. The Morgan fingerprint density at radius 1 is 0.481 bits per heavy atom. The van der Waals surface area contributed by atoms with Gasteiger partial charge in [-0.1, -0.05) is 97.1 Å². The fraction of sp³-hybridized carbons (Fsp3) is 0. The van der Waals surface area contributed by atoms with E-state index in [9.17, 15) is 4.57 Å². The van der Waals surface area contributed by atoms with E-state index in [0.29, 0.717) is 10.6 Å². The van der Waals surface area contributed by atoms with Crippen LogP contribution >= 0.6 is 17.7 Å². The van der Waals surface area contributed by atoms with Crippen LogP contribution < -0.4 is 10.6 Å². The van der Waals surface area contributed by atoms with Gasteiger partial charge in [-0.3, -0.25) is 4.57 Å². The van der Waals surface area contributed by atoms with Crippen LogP contribution in [0.4, 0.5) is 0 Å². The third-order valence-electron chi connectivity index (χ3n) is 4.60. The third kappa shape index (κ3) is 3.49. The van der Waals surface area contributed by atoms with Gasteiger partial charge in [0.1, 0.15) is 0 Å². The van der Waals surface area contributed by atoms with E-state index >= 15 is 0 Å². The number of benzene rings is 4. The Hall–Kier alpha value is -2.60. The lowest BCUT2D eigenvalue weighted by Crippen LogP contribution is -2.16. The van der Waals surface area contributed by atoms with Gasteiger partial charge < -0.3 is 0 Å². The lowest BCUT2D eigenvalue weighted by molar-refractivity contribution is 0.595. The van der Waals surface area contributed by atoms with Crippen molar-refractivity contribution in [1.82, 2.24) is 0 Å². The highest BCUT2D eigenvalue weighted by Crippen LogP contribution is 2.52. The molecule has 0 aliphatic rings.